The molecule has 1 aromatic carbocycles. The molecule has 0 atom stereocenters. The molecule has 1 aromatic rings. The van der Waals surface area contributed by atoms with Gasteiger partial charge in [0.25, 0.3) is 5.91 Å². The maximum absolute atomic E-state index is 12.3. The average Bonchev–Trinajstić information content (AvgIpc) is 3.25. The second-order valence-corrected chi connectivity index (χ2v) is 6.40. The highest BCUT2D eigenvalue weighted by Gasteiger charge is 2.22. The summed E-state index contributed by atoms with van der Waals surface area (Å²) in [5.41, 5.74) is 1.79. The van der Waals surface area contributed by atoms with Crippen LogP contribution in [-0.2, 0) is 11.3 Å². The number of carbonyl (C=O) groups excluding carboxylic acids is 2. The third-order valence-corrected chi connectivity index (χ3v) is 4.79. The minimum atomic E-state index is 0.124. The van der Waals surface area contributed by atoms with Gasteiger partial charge in [0.15, 0.2) is 0 Å². The van der Waals surface area contributed by atoms with Gasteiger partial charge < -0.3 is 10.2 Å². The molecular weight excluding hydrogens is 276 g/mol. The largest absolute Gasteiger partial charge is 0.352 e. The summed E-state index contributed by atoms with van der Waals surface area (Å²) in [5, 5.41) is 3.01. The van der Waals surface area contributed by atoms with Gasteiger partial charge in [-0.2, -0.15) is 0 Å². The number of amides is 2. The molecule has 2 aliphatic rings. The van der Waals surface area contributed by atoms with Gasteiger partial charge in [0.1, 0.15) is 0 Å². The number of nitrogens with zero attached hydrogens (tertiary/aromatic N) is 1. The Morgan fingerprint density at radius 3 is 2.27 bits per heavy atom. The van der Waals surface area contributed by atoms with Crippen molar-refractivity contribution in [3.63, 3.8) is 0 Å². The predicted octanol–water partition coefficient (Wildman–Crippen LogP) is 2.73. The smallest absolute Gasteiger partial charge is 0.253 e. The minimum absolute atomic E-state index is 0.124. The first-order chi connectivity index (χ1) is 10.7. The van der Waals surface area contributed by atoms with Crippen LogP contribution in [0.5, 0.6) is 0 Å². The molecule has 22 heavy (non-hydrogen) atoms. The molecule has 4 heteroatoms. The van der Waals surface area contributed by atoms with E-state index in [0.717, 1.165) is 49.9 Å². The summed E-state index contributed by atoms with van der Waals surface area (Å²) in [6, 6.07) is 7.63. The molecule has 1 saturated carbocycles. The van der Waals surface area contributed by atoms with Crippen LogP contribution in [0.3, 0.4) is 0 Å². The summed E-state index contributed by atoms with van der Waals surface area (Å²) in [7, 11) is 0. The molecule has 0 unspecified atom stereocenters. The van der Waals surface area contributed by atoms with Gasteiger partial charge in [-0.05, 0) is 43.4 Å². The van der Waals surface area contributed by atoms with E-state index in [4.69, 9.17) is 0 Å². The molecule has 0 bridgehead atoms. The molecule has 0 aromatic heterocycles. The third kappa shape index (κ3) is 3.49. The van der Waals surface area contributed by atoms with Crippen molar-refractivity contribution >= 4 is 11.8 Å². The molecule has 1 heterocycles. The normalized spacial score (nSPS) is 18.6. The fourth-order valence-electron chi connectivity index (χ4n) is 3.39. The lowest BCUT2D eigenvalue weighted by atomic mass is 10.1. The second kappa shape index (κ2) is 6.95. The Morgan fingerprint density at radius 1 is 1.00 bits per heavy atom. The van der Waals surface area contributed by atoms with Crippen molar-refractivity contribution in [1.82, 2.24) is 10.2 Å². The first-order valence-corrected chi connectivity index (χ1v) is 8.40. The summed E-state index contributed by atoms with van der Waals surface area (Å²) in [4.78, 5) is 26.2. The Morgan fingerprint density at radius 2 is 1.64 bits per heavy atom. The molecule has 2 amide bonds. The minimum Gasteiger partial charge on any atom is -0.352 e. The Labute approximate surface area is 131 Å². The maximum atomic E-state index is 12.3. The van der Waals surface area contributed by atoms with Crippen LogP contribution in [0.4, 0.5) is 0 Å². The number of rotatable bonds is 4. The van der Waals surface area contributed by atoms with Gasteiger partial charge in [-0.1, -0.05) is 25.0 Å². The zero-order chi connectivity index (χ0) is 15.4. The Kier molecular flexibility index (Phi) is 4.76. The average molecular weight is 300 g/mol. The van der Waals surface area contributed by atoms with Crippen molar-refractivity contribution in [3.05, 3.63) is 35.4 Å². The van der Waals surface area contributed by atoms with Crippen LogP contribution < -0.4 is 5.32 Å². The number of carbonyl (C=O) groups is 2. The summed E-state index contributed by atoms with van der Waals surface area (Å²) >= 11 is 0. The van der Waals surface area contributed by atoms with E-state index in [0.29, 0.717) is 6.54 Å². The lowest BCUT2D eigenvalue weighted by Gasteiger charge is -2.15. The van der Waals surface area contributed by atoms with Gasteiger partial charge in [0, 0.05) is 31.1 Å². The molecule has 1 saturated heterocycles. The quantitative estimate of drug-likeness (QED) is 0.929. The van der Waals surface area contributed by atoms with Crippen LogP contribution in [0.25, 0.3) is 0 Å². The Balaban J connectivity index is 1.52. The highest BCUT2D eigenvalue weighted by Crippen LogP contribution is 2.24. The molecule has 1 N–H and O–H groups in total. The Hall–Kier alpha value is -1.84. The second-order valence-electron chi connectivity index (χ2n) is 6.40. The van der Waals surface area contributed by atoms with Crippen LogP contribution in [-0.4, -0.2) is 29.8 Å². The highest BCUT2D eigenvalue weighted by molar-refractivity contribution is 5.94. The van der Waals surface area contributed by atoms with Crippen molar-refractivity contribution in [3.8, 4) is 0 Å². The van der Waals surface area contributed by atoms with Crippen LogP contribution in [0.1, 0.15) is 54.4 Å². The monoisotopic (exact) mass is 300 g/mol. The van der Waals surface area contributed by atoms with Crippen molar-refractivity contribution < 1.29 is 9.59 Å². The third-order valence-electron chi connectivity index (χ3n) is 4.79. The fraction of sp³-hybridized carbons (Fsp3) is 0.556. The topological polar surface area (TPSA) is 49.4 Å². The van der Waals surface area contributed by atoms with Gasteiger partial charge >= 0.3 is 0 Å². The van der Waals surface area contributed by atoms with E-state index >= 15 is 0 Å². The summed E-state index contributed by atoms with van der Waals surface area (Å²) < 4.78 is 0. The summed E-state index contributed by atoms with van der Waals surface area (Å²) in [5.74, 6) is 0.504. The lowest BCUT2D eigenvalue weighted by molar-refractivity contribution is -0.124. The summed E-state index contributed by atoms with van der Waals surface area (Å²) in [6.07, 6.45) is 6.61. The lowest BCUT2D eigenvalue weighted by Crippen LogP contribution is -2.29. The van der Waals surface area contributed by atoms with Crippen molar-refractivity contribution in [2.75, 3.05) is 13.1 Å². The number of hydrogen-bond donors (Lipinski definition) is 1. The SMILES string of the molecule is O=C(NCc1ccc(C(=O)N2CCCC2)cc1)C1CCCC1. The highest BCUT2D eigenvalue weighted by atomic mass is 16.2. The van der Waals surface area contributed by atoms with E-state index in [1.54, 1.807) is 0 Å². The van der Waals surface area contributed by atoms with Crippen LogP contribution in [0.15, 0.2) is 24.3 Å². The molecule has 0 spiro atoms. The van der Waals surface area contributed by atoms with Crippen molar-refractivity contribution in [2.45, 2.75) is 45.1 Å². The number of hydrogen-bond acceptors (Lipinski definition) is 2. The van der Waals surface area contributed by atoms with Crippen LogP contribution in [0, 0.1) is 5.92 Å². The molecule has 1 aliphatic carbocycles. The van der Waals surface area contributed by atoms with E-state index in [1.807, 2.05) is 29.2 Å². The first kappa shape index (κ1) is 15.1. The maximum Gasteiger partial charge on any atom is 0.253 e. The van der Waals surface area contributed by atoms with E-state index in [-0.39, 0.29) is 17.7 Å². The Bertz CT molecular complexity index is 527. The molecule has 1 aliphatic heterocycles. The van der Waals surface area contributed by atoms with E-state index in [9.17, 15) is 9.59 Å². The number of likely N-dealkylation sites (tertiary alicyclic amines) is 1. The van der Waals surface area contributed by atoms with Crippen LogP contribution >= 0.6 is 0 Å². The number of benzene rings is 1. The molecule has 2 fully saturated rings. The van der Waals surface area contributed by atoms with Gasteiger partial charge in [0.05, 0.1) is 0 Å². The van der Waals surface area contributed by atoms with Gasteiger partial charge in [-0.3, -0.25) is 9.59 Å². The number of nitrogens with one attached hydrogen (secondary N) is 1. The first-order valence-electron chi connectivity index (χ1n) is 8.40. The molecule has 118 valence electrons. The van der Waals surface area contributed by atoms with Gasteiger partial charge in [-0.15, -0.1) is 0 Å². The van der Waals surface area contributed by atoms with Gasteiger partial charge in [0.2, 0.25) is 5.91 Å². The van der Waals surface area contributed by atoms with E-state index < -0.39 is 0 Å². The van der Waals surface area contributed by atoms with E-state index in [2.05, 4.69) is 5.32 Å². The zero-order valence-electron chi connectivity index (χ0n) is 13.0. The zero-order valence-corrected chi connectivity index (χ0v) is 13.0. The molecule has 3 rings (SSSR count). The van der Waals surface area contributed by atoms with Gasteiger partial charge in [-0.25, -0.2) is 0 Å². The fourth-order valence-corrected chi connectivity index (χ4v) is 3.39. The molecule has 0 radical (unpaired) electrons. The predicted molar refractivity (Wildman–Crippen MR) is 85.4 cm³/mol. The summed E-state index contributed by atoms with van der Waals surface area (Å²) in [6.45, 7) is 2.30. The van der Waals surface area contributed by atoms with Crippen molar-refractivity contribution in [2.24, 2.45) is 5.92 Å². The van der Waals surface area contributed by atoms with Crippen molar-refractivity contribution in [1.29, 1.82) is 0 Å². The standard InChI is InChI=1S/C18H24N2O2/c21-17(15-5-1-2-6-15)19-13-14-7-9-16(10-8-14)18(22)20-11-3-4-12-20/h7-10,15H,1-6,11-13H2,(H,19,21). The van der Waals surface area contributed by atoms with Crippen LogP contribution in [0.2, 0.25) is 0 Å². The molecule has 4 nitrogen and oxygen atoms in total. The van der Waals surface area contributed by atoms with E-state index in [1.165, 1.54) is 12.8 Å². The molecular formula is C18H24N2O2.